The average Bonchev–Trinajstić information content (AvgIpc) is 2.35. The second kappa shape index (κ2) is 6.73. The molecule has 0 aliphatic heterocycles. The summed E-state index contributed by atoms with van der Waals surface area (Å²) in [4.78, 5) is 0. The molecule has 1 rings (SSSR count). The van der Waals surface area contributed by atoms with Crippen molar-refractivity contribution in [2.24, 2.45) is 5.73 Å². The van der Waals surface area contributed by atoms with Crippen LogP contribution < -0.4 is 15.8 Å². The third kappa shape index (κ3) is 3.45. The molecule has 1 unspecified atom stereocenters. The Balaban J connectivity index is 2.78. The molecule has 18 heavy (non-hydrogen) atoms. The summed E-state index contributed by atoms with van der Waals surface area (Å²) in [5, 5.41) is 12.1. The van der Waals surface area contributed by atoms with Crippen LogP contribution in [0.15, 0.2) is 6.07 Å². The van der Waals surface area contributed by atoms with E-state index in [9.17, 15) is 0 Å². The predicted octanol–water partition coefficient (Wildman–Crippen LogP) is 1.03. The van der Waals surface area contributed by atoms with E-state index in [1.165, 1.54) is 16.7 Å². The fraction of sp³-hybridized carbons (Fsp3) is 0.571. The van der Waals surface area contributed by atoms with Crippen LogP contribution in [-0.4, -0.2) is 31.4 Å². The SMILES string of the molecule is COc1c(C)cc(CNCC(N)CO)c(C)c1C. The summed E-state index contributed by atoms with van der Waals surface area (Å²) >= 11 is 0. The van der Waals surface area contributed by atoms with Crippen LogP contribution in [-0.2, 0) is 6.54 Å². The molecule has 1 aromatic rings. The van der Waals surface area contributed by atoms with Gasteiger partial charge in [0.2, 0.25) is 0 Å². The van der Waals surface area contributed by atoms with Crippen LogP contribution >= 0.6 is 0 Å². The van der Waals surface area contributed by atoms with Crippen LogP contribution in [0.4, 0.5) is 0 Å². The number of rotatable bonds is 6. The Kier molecular flexibility index (Phi) is 5.59. The van der Waals surface area contributed by atoms with Gasteiger partial charge in [0.05, 0.1) is 13.7 Å². The molecule has 0 aliphatic carbocycles. The Morgan fingerprint density at radius 3 is 2.56 bits per heavy atom. The van der Waals surface area contributed by atoms with E-state index >= 15 is 0 Å². The lowest BCUT2D eigenvalue weighted by molar-refractivity contribution is 0.262. The largest absolute Gasteiger partial charge is 0.496 e. The van der Waals surface area contributed by atoms with Gasteiger partial charge in [0, 0.05) is 19.1 Å². The number of hydrogen-bond acceptors (Lipinski definition) is 4. The molecule has 1 aromatic carbocycles. The van der Waals surface area contributed by atoms with Gasteiger partial charge in [-0.05, 0) is 43.0 Å². The average molecular weight is 252 g/mol. The second-order valence-corrected chi connectivity index (χ2v) is 4.71. The molecule has 0 radical (unpaired) electrons. The van der Waals surface area contributed by atoms with E-state index < -0.39 is 0 Å². The predicted molar refractivity (Wildman–Crippen MR) is 74.0 cm³/mol. The quantitative estimate of drug-likeness (QED) is 0.707. The lowest BCUT2D eigenvalue weighted by Crippen LogP contribution is -2.36. The minimum absolute atomic E-state index is 0.00660. The van der Waals surface area contributed by atoms with Crippen molar-refractivity contribution in [3.05, 3.63) is 28.3 Å². The zero-order chi connectivity index (χ0) is 13.7. The summed E-state index contributed by atoms with van der Waals surface area (Å²) in [5.41, 5.74) is 10.5. The van der Waals surface area contributed by atoms with Crippen LogP contribution in [0.25, 0.3) is 0 Å². The van der Waals surface area contributed by atoms with Crippen LogP contribution in [0, 0.1) is 20.8 Å². The maximum Gasteiger partial charge on any atom is 0.124 e. The smallest absolute Gasteiger partial charge is 0.124 e. The summed E-state index contributed by atoms with van der Waals surface area (Å²) < 4.78 is 5.40. The Morgan fingerprint density at radius 1 is 1.33 bits per heavy atom. The number of ether oxygens (including phenoxy) is 1. The number of aryl methyl sites for hydroxylation is 1. The Hall–Kier alpha value is -1.10. The summed E-state index contributed by atoms with van der Waals surface area (Å²) in [6.45, 7) is 7.59. The molecule has 0 fully saturated rings. The van der Waals surface area contributed by atoms with E-state index in [2.05, 4.69) is 25.2 Å². The Morgan fingerprint density at radius 2 is 2.00 bits per heavy atom. The van der Waals surface area contributed by atoms with Crippen molar-refractivity contribution in [1.29, 1.82) is 0 Å². The number of aliphatic hydroxyl groups excluding tert-OH is 1. The zero-order valence-electron chi connectivity index (χ0n) is 11.7. The maximum atomic E-state index is 8.86. The van der Waals surface area contributed by atoms with Crippen molar-refractivity contribution < 1.29 is 9.84 Å². The summed E-state index contributed by atoms with van der Waals surface area (Å²) in [6.07, 6.45) is 0. The monoisotopic (exact) mass is 252 g/mol. The molecule has 102 valence electrons. The first-order valence-electron chi connectivity index (χ1n) is 6.22. The number of nitrogens with one attached hydrogen (secondary N) is 1. The molecule has 0 spiro atoms. The van der Waals surface area contributed by atoms with Crippen molar-refractivity contribution in [3.63, 3.8) is 0 Å². The van der Waals surface area contributed by atoms with Gasteiger partial charge in [-0.1, -0.05) is 6.07 Å². The van der Waals surface area contributed by atoms with Crippen molar-refractivity contribution in [2.75, 3.05) is 20.3 Å². The molecule has 1 atom stereocenters. The van der Waals surface area contributed by atoms with Gasteiger partial charge < -0.3 is 20.9 Å². The molecule has 0 bridgehead atoms. The third-order valence-electron chi connectivity index (χ3n) is 3.29. The highest BCUT2D eigenvalue weighted by Crippen LogP contribution is 2.28. The molecular formula is C14H24N2O2. The number of hydrogen-bond donors (Lipinski definition) is 3. The van der Waals surface area contributed by atoms with Gasteiger partial charge in [0.1, 0.15) is 5.75 Å². The minimum atomic E-state index is -0.203. The highest BCUT2D eigenvalue weighted by molar-refractivity contribution is 5.48. The molecular weight excluding hydrogens is 228 g/mol. The molecule has 4 heteroatoms. The number of benzene rings is 1. The fourth-order valence-corrected chi connectivity index (χ4v) is 2.10. The van der Waals surface area contributed by atoms with Crippen LogP contribution in [0.5, 0.6) is 5.75 Å². The fourth-order valence-electron chi connectivity index (χ4n) is 2.10. The van der Waals surface area contributed by atoms with Gasteiger partial charge >= 0.3 is 0 Å². The van der Waals surface area contributed by atoms with Crippen LogP contribution in [0.1, 0.15) is 22.3 Å². The zero-order valence-corrected chi connectivity index (χ0v) is 11.7. The molecule has 4 nitrogen and oxygen atoms in total. The van der Waals surface area contributed by atoms with Gasteiger partial charge in [0.25, 0.3) is 0 Å². The van der Waals surface area contributed by atoms with Gasteiger partial charge in [-0.3, -0.25) is 0 Å². The molecule has 0 saturated heterocycles. The summed E-state index contributed by atoms with van der Waals surface area (Å²) in [6, 6.07) is 1.93. The topological polar surface area (TPSA) is 67.5 Å². The number of aliphatic hydroxyl groups is 1. The summed E-state index contributed by atoms with van der Waals surface area (Å²) in [5.74, 6) is 0.961. The summed E-state index contributed by atoms with van der Waals surface area (Å²) in [7, 11) is 1.70. The Bertz CT molecular complexity index is 405. The van der Waals surface area contributed by atoms with Gasteiger partial charge in [0.15, 0.2) is 0 Å². The van der Waals surface area contributed by atoms with Crippen molar-refractivity contribution in [1.82, 2.24) is 5.32 Å². The number of methoxy groups -OCH3 is 1. The van der Waals surface area contributed by atoms with Crippen LogP contribution in [0.3, 0.4) is 0 Å². The maximum absolute atomic E-state index is 8.86. The van der Waals surface area contributed by atoms with E-state index in [-0.39, 0.29) is 12.6 Å². The first-order valence-corrected chi connectivity index (χ1v) is 6.22. The first kappa shape index (κ1) is 15.0. The van der Waals surface area contributed by atoms with Crippen LogP contribution in [0.2, 0.25) is 0 Å². The van der Waals surface area contributed by atoms with Gasteiger partial charge in [-0.25, -0.2) is 0 Å². The van der Waals surface area contributed by atoms with E-state index in [1.54, 1.807) is 7.11 Å². The lowest BCUT2D eigenvalue weighted by Gasteiger charge is -2.17. The minimum Gasteiger partial charge on any atom is -0.496 e. The third-order valence-corrected chi connectivity index (χ3v) is 3.29. The van der Waals surface area contributed by atoms with E-state index in [0.717, 1.165) is 17.9 Å². The molecule has 0 aromatic heterocycles. The van der Waals surface area contributed by atoms with Crippen molar-refractivity contribution in [2.45, 2.75) is 33.4 Å². The molecule has 0 heterocycles. The van der Waals surface area contributed by atoms with Crippen molar-refractivity contribution in [3.8, 4) is 5.75 Å². The van der Waals surface area contributed by atoms with Gasteiger partial charge in [-0.2, -0.15) is 0 Å². The highest BCUT2D eigenvalue weighted by atomic mass is 16.5. The Labute approximate surface area is 109 Å². The van der Waals surface area contributed by atoms with Crippen molar-refractivity contribution >= 4 is 0 Å². The van der Waals surface area contributed by atoms with Gasteiger partial charge in [-0.15, -0.1) is 0 Å². The van der Waals surface area contributed by atoms with E-state index in [1.807, 2.05) is 6.92 Å². The molecule has 0 amide bonds. The molecule has 4 N–H and O–H groups in total. The van der Waals surface area contributed by atoms with E-state index in [0.29, 0.717) is 6.54 Å². The molecule has 0 saturated carbocycles. The number of nitrogens with two attached hydrogens (primary N) is 1. The normalized spacial score (nSPS) is 12.6. The second-order valence-electron chi connectivity index (χ2n) is 4.71. The van der Waals surface area contributed by atoms with E-state index in [4.69, 9.17) is 15.6 Å². The standard InChI is InChI=1S/C14H24N2O2/c1-9-5-12(6-16-7-13(15)8-17)10(2)11(3)14(9)18-4/h5,13,16-17H,6-8,15H2,1-4H3. The molecule has 0 aliphatic rings. The first-order chi connectivity index (χ1) is 8.51. The lowest BCUT2D eigenvalue weighted by atomic mass is 9.98. The highest BCUT2D eigenvalue weighted by Gasteiger charge is 2.10.